The molecule has 0 aliphatic carbocycles. The Bertz CT molecular complexity index is 205. The first kappa shape index (κ1) is 10.4. The predicted octanol–water partition coefficient (Wildman–Crippen LogP) is 1.81. The summed E-state index contributed by atoms with van der Waals surface area (Å²) >= 11 is 0. The molecule has 3 heteroatoms. The van der Waals surface area contributed by atoms with Gasteiger partial charge in [0.15, 0.2) is 6.29 Å². The molecule has 0 bridgehead atoms. The minimum atomic E-state index is -0.0806. The summed E-state index contributed by atoms with van der Waals surface area (Å²) < 4.78 is 17.1. The van der Waals surface area contributed by atoms with Gasteiger partial charge in [-0.05, 0) is 25.7 Å². The van der Waals surface area contributed by atoms with Gasteiger partial charge in [-0.2, -0.15) is 0 Å². The van der Waals surface area contributed by atoms with Crippen LogP contribution in [0, 0.1) is 11.8 Å². The highest BCUT2D eigenvalue weighted by atomic mass is 16.7. The second-order valence-corrected chi connectivity index (χ2v) is 4.60. The highest BCUT2D eigenvalue weighted by molar-refractivity contribution is 4.89. The van der Waals surface area contributed by atoms with Gasteiger partial charge in [-0.25, -0.2) is 0 Å². The third-order valence-electron chi connectivity index (χ3n) is 3.69. The molecule has 6 atom stereocenters. The van der Waals surface area contributed by atoms with Gasteiger partial charge in [-0.15, -0.1) is 0 Å². The molecule has 0 spiro atoms. The summed E-state index contributed by atoms with van der Waals surface area (Å²) in [6.45, 7) is 9.24. The molecule has 0 radical (unpaired) electrons. The lowest BCUT2D eigenvalue weighted by Crippen LogP contribution is -2.55. The predicted molar refractivity (Wildman–Crippen MR) is 53.0 cm³/mol. The van der Waals surface area contributed by atoms with Crippen molar-refractivity contribution in [1.82, 2.24) is 0 Å². The van der Waals surface area contributed by atoms with Crippen molar-refractivity contribution < 1.29 is 14.2 Å². The quantitative estimate of drug-likeness (QED) is 0.597. The maximum Gasteiger partial charge on any atom is 0.155 e. The molecule has 0 aromatic rings. The standard InChI is InChI=1S/C11H20O3/c1-6-7(2)11-10(13-8(6)3)5-12-9(4)14-11/h6-11H,5H2,1-4H3. The van der Waals surface area contributed by atoms with Gasteiger partial charge in [0.2, 0.25) is 0 Å². The van der Waals surface area contributed by atoms with Gasteiger partial charge >= 0.3 is 0 Å². The van der Waals surface area contributed by atoms with Crippen molar-refractivity contribution in [2.24, 2.45) is 11.8 Å². The third kappa shape index (κ3) is 1.69. The molecule has 14 heavy (non-hydrogen) atoms. The Morgan fingerprint density at radius 1 is 0.929 bits per heavy atom. The van der Waals surface area contributed by atoms with Gasteiger partial charge in [0.1, 0.15) is 6.10 Å². The Balaban J connectivity index is 2.08. The summed E-state index contributed by atoms with van der Waals surface area (Å²) in [6, 6.07) is 0. The van der Waals surface area contributed by atoms with Crippen LogP contribution in [0.3, 0.4) is 0 Å². The molecule has 2 aliphatic rings. The van der Waals surface area contributed by atoms with E-state index in [0.29, 0.717) is 24.5 Å². The summed E-state index contributed by atoms with van der Waals surface area (Å²) in [5.74, 6) is 1.11. The molecule has 2 rings (SSSR count). The second kappa shape index (κ2) is 3.80. The van der Waals surface area contributed by atoms with E-state index >= 15 is 0 Å². The number of hydrogen-bond donors (Lipinski definition) is 0. The van der Waals surface area contributed by atoms with E-state index in [1.54, 1.807) is 0 Å². The topological polar surface area (TPSA) is 27.7 Å². The lowest BCUT2D eigenvalue weighted by atomic mass is 9.81. The van der Waals surface area contributed by atoms with Crippen LogP contribution in [-0.2, 0) is 14.2 Å². The number of rotatable bonds is 0. The van der Waals surface area contributed by atoms with Crippen LogP contribution in [0.5, 0.6) is 0 Å². The van der Waals surface area contributed by atoms with Crippen LogP contribution in [0.2, 0.25) is 0 Å². The molecule has 2 heterocycles. The van der Waals surface area contributed by atoms with E-state index in [0.717, 1.165) is 0 Å². The maximum atomic E-state index is 5.87. The monoisotopic (exact) mass is 200 g/mol. The highest BCUT2D eigenvalue weighted by Crippen LogP contribution is 2.35. The minimum Gasteiger partial charge on any atom is -0.370 e. The van der Waals surface area contributed by atoms with Crippen LogP contribution in [0.4, 0.5) is 0 Å². The molecular weight excluding hydrogens is 180 g/mol. The van der Waals surface area contributed by atoms with Crippen molar-refractivity contribution in [2.75, 3.05) is 6.61 Å². The highest BCUT2D eigenvalue weighted by Gasteiger charge is 2.43. The Hall–Kier alpha value is -0.120. The summed E-state index contributed by atoms with van der Waals surface area (Å²) in [5.41, 5.74) is 0. The van der Waals surface area contributed by atoms with E-state index in [9.17, 15) is 0 Å². The zero-order valence-corrected chi connectivity index (χ0v) is 9.40. The van der Waals surface area contributed by atoms with E-state index < -0.39 is 0 Å². The van der Waals surface area contributed by atoms with Crippen molar-refractivity contribution in [3.8, 4) is 0 Å². The molecule has 0 aromatic carbocycles. The average Bonchev–Trinajstić information content (AvgIpc) is 2.16. The van der Waals surface area contributed by atoms with Crippen molar-refractivity contribution >= 4 is 0 Å². The van der Waals surface area contributed by atoms with Crippen LogP contribution < -0.4 is 0 Å². The van der Waals surface area contributed by atoms with E-state index in [2.05, 4.69) is 20.8 Å². The molecule has 0 saturated carbocycles. The zero-order chi connectivity index (χ0) is 10.3. The molecule has 2 aliphatic heterocycles. The van der Waals surface area contributed by atoms with E-state index in [1.807, 2.05) is 6.92 Å². The summed E-state index contributed by atoms with van der Waals surface area (Å²) in [4.78, 5) is 0. The Labute approximate surface area is 85.7 Å². The first-order chi connectivity index (χ1) is 6.59. The zero-order valence-electron chi connectivity index (χ0n) is 9.40. The van der Waals surface area contributed by atoms with Gasteiger partial charge in [-0.3, -0.25) is 0 Å². The second-order valence-electron chi connectivity index (χ2n) is 4.60. The Morgan fingerprint density at radius 2 is 1.64 bits per heavy atom. The van der Waals surface area contributed by atoms with Gasteiger partial charge < -0.3 is 14.2 Å². The fourth-order valence-corrected chi connectivity index (χ4v) is 2.38. The first-order valence-corrected chi connectivity index (χ1v) is 5.52. The molecule has 3 nitrogen and oxygen atoms in total. The first-order valence-electron chi connectivity index (χ1n) is 5.52. The summed E-state index contributed by atoms with van der Waals surface area (Å²) in [5, 5.41) is 0. The SMILES string of the molecule is CC1OCC2OC(C)C(C)C(C)C2O1. The van der Waals surface area contributed by atoms with Crippen molar-refractivity contribution in [2.45, 2.75) is 52.3 Å². The van der Waals surface area contributed by atoms with Crippen molar-refractivity contribution in [3.05, 3.63) is 0 Å². The van der Waals surface area contributed by atoms with Crippen molar-refractivity contribution in [1.29, 1.82) is 0 Å². The molecule has 0 aromatic heterocycles. The van der Waals surface area contributed by atoms with Crippen LogP contribution in [0.1, 0.15) is 27.7 Å². The van der Waals surface area contributed by atoms with Gasteiger partial charge in [0.25, 0.3) is 0 Å². The van der Waals surface area contributed by atoms with E-state index in [4.69, 9.17) is 14.2 Å². The van der Waals surface area contributed by atoms with Gasteiger partial charge in [-0.1, -0.05) is 13.8 Å². The van der Waals surface area contributed by atoms with Crippen LogP contribution in [-0.4, -0.2) is 31.2 Å². The number of hydrogen-bond acceptors (Lipinski definition) is 3. The molecular formula is C11H20O3. The average molecular weight is 200 g/mol. The largest absolute Gasteiger partial charge is 0.370 e. The molecule has 2 saturated heterocycles. The van der Waals surface area contributed by atoms with E-state index in [1.165, 1.54) is 0 Å². The van der Waals surface area contributed by atoms with Gasteiger partial charge in [0.05, 0.1) is 18.8 Å². The van der Waals surface area contributed by atoms with Gasteiger partial charge in [0, 0.05) is 0 Å². The Kier molecular flexibility index (Phi) is 2.82. The van der Waals surface area contributed by atoms with E-state index in [-0.39, 0.29) is 18.5 Å². The third-order valence-corrected chi connectivity index (χ3v) is 3.69. The van der Waals surface area contributed by atoms with Crippen LogP contribution in [0.15, 0.2) is 0 Å². The molecule has 0 N–H and O–H groups in total. The normalized spacial score (nSPS) is 54.0. The smallest absolute Gasteiger partial charge is 0.155 e. The van der Waals surface area contributed by atoms with Crippen LogP contribution in [0.25, 0.3) is 0 Å². The number of fused-ring (bicyclic) bond motifs is 1. The lowest BCUT2D eigenvalue weighted by molar-refractivity contribution is -0.298. The summed E-state index contributed by atoms with van der Waals surface area (Å²) in [7, 11) is 0. The minimum absolute atomic E-state index is 0.0806. The lowest BCUT2D eigenvalue weighted by Gasteiger charge is -2.47. The molecule has 0 amide bonds. The fourth-order valence-electron chi connectivity index (χ4n) is 2.38. The Morgan fingerprint density at radius 3 is 2.36 bits per heavy atom. The fraction of sp³-hybridized carbons (Fsp3) is 1.00. The molecule has 82 valence electrons. The van der Waals surface area contributed by atoms with Crippen LogP contribution >= 0.6 is 0 Å². The molecule has 2 fully saturated rings. The summed E-state index contributed by atoms with van der Waals surface area (Å²) in [6.07, 6.45) is 0.576. The number of ether oxygens (including phenoxy) is 3. The van der Waals surface area contributed by atoms with Crippen molar-refractivity contribution in [3.63, 3.8) is 0 Å². The molecule has 6 unspecified atom stereocenters. The maximum absolute atomic E-state index is 5.87.